The van der Waals surface area contributed by atoms with E-state index in [4.69, 9.17) is 21.4 Å². The summed E-state index contributed by atoms with van der Waals surface area (Å²) in [6.07, 6.45) is 5.30. The van der Waals surface area contributed by atoms with Gasteiger partial charge in [0, 0.05) is 23.3 Å². The number of hydrogen-bond acceptors (Lipinski definition) is 3. The Morgan fingerprint density at radius 2 is 2.05 bits per heavy atom. The van der Waals surface area contributed by atoms with Crippen LogP contribution in [-0.4, -0.2) is 17.5 Å². The Morgan fingerprint density at radius 1 is 1.33 bits per heavy atom. The first-order chi connectivity index (χ1) is 9.98. The zero-order valence-electron chi connectivity index (χ0n) is 12.2. The van der Waals surface area contributed by atoms with Crippen LogP contribution in [0.25, 0.3) is 6.08 Å². The van der Waals surface area contributed by atoms with Gasteiger partial charge in [-0.1, -0.05) is 36.7 Å². The van der Waals surface area contributed by atoms with Crippen LogP contribution < -0.4 is 0 Å². The van der Waals surface area contributed by atoms with Gasteiger partial charge in [0.05, 0.1) is 0 Å². The minimum Gasteiger partial charge on any atom is -0.299 e. The van der Waals surface area contributed by atoms with E-state index < -0.39 is 5.60 Å². The molecule has 0 aromatic heterocycles. The van der Waals surface area contributed by atoms with Gasteiger partial charge in [0.15, 0.2) is 0 Å². The summed E-state index contributed by atoms with van der Waals surface area (Å²) >= 11 is 5.88. The number of rotatable bonds is 2. The van der Waals surface area contributed by atoms with Crippen molar-refractivity contribution in [1.82, 2.24) is 0 Å². The van der Waals surface area contributed by atoms with Crippen LogP contribution in [0.2, 0.25) is 5.02 Å². The topological polar surface area (TPSA) is 35.5 Å². The van der Waals surface area contributed by atoms with E-state index in [0.717, 1.165) is 12.0 Å². The van der Waals surface area contributed by atoms with E-state index >= 15 is 0 Å². The maximum atomic E-state index is 12.0. The third-order valence-corrected chi connectivity index (χ3v) is 4.92. The van der Waals surface area contributed by atoms with E-state index in [1.54, 1.807) is 0 Å². The van der Waals surface area contributed by atoms with Crippen molar-refractivity contribution in [2.45, 2.75) is 38.4 Å². The molecule has 1 saturated carbocycles. The van der Waals surface area contributed by atoms with Crippen molar-refractivity contribution in [2.75, 3.05) is 0 Å². The number of Topliss-reactive ketones (excluding diaryl/α,β-unsaturated/α-hetero) is 1. The van der Waals surface area contributed by atoms with Crippen molar-refractivity contribution in [1.29, 1.82) is 0 Å². The summed E-state index contributed by atoms with van der Waals surface area (Å²) in [5, 5.41) is 0.713. The first-order valence-electron chi connectivity index (χ1n) is 7.30. The normalized spacial score (nSPS) is 36.1. The molecule has 112 valence electrons. The SMILES string of the molecule is CC1C(=O)CC2CC1OOC2(C)C=Cc1ccc(Cl)cc1. The highest BCUT2D eigenvalue weighted by Crippen LogP contribution is 2.42. The predicted octanol–water partition coefficient (Wildman–Crippen LogP) is 4.06. The number of carbonyl (C=O) groups is 1. The molecule has 2 fully saturated rings. The van der Waals surface area contributed by atoms with Gasteiger partial charge in [-0.25, -0.2) is 9.78 Å². The first-order valence-corrected chi connectivity index (χ1v) is 7.68. The van der Waals surface area contributed by atoms with Crippen LogP contribution in [0.1, 0.15) is 32.3 Å². The summed E-state index contributed by atoms with van der Waals surface area (Å²) in [6, 6.07) is 7.60. The van der Waals surface area contributed by atoms with Crippen molar-refractivity contribution in [3.8, 4) is 0 Å². The molecule has 3 nitrogen and oxygen atoms in total. The lowest BCUT2D eigenvalue weighted by Gasteiger charge is -2.45. The van der Waals surface area contributed by atoms with Crippen molar-refractivity contribution >= 4 is 23.5 Å². The van der Waals surface area contributed by atoms with Gasteiger partial charge < -0.3 is 0 Å². The second-order valence-electron chi connectivity index (χ2n) is 6.18. The van der Waals surface area contributed by atoms with Gasteiger partial charge in [0.1, 0.15) is 17.5 Å². The molecule has 0 amide bonds. The van der Waals surface area contributed by atoms with Crippen LogP contribution in [0.15, 0.2) is 30.3 Å². The van der Waals surface area contributed by atoms with Crippen molar-refractivity contribution in [2.24, 2.45) is 11.8 Å². The fourth-order valence-corrected chi connectivity index (χ4v) is 3.12. The molecule has 1 aromatic carbocycles. The Bertz CT molecular complexity index is 566. The highest BCUT2D eigenvalue weighted by atomic mass is 35.5. The zero-order chi connectivity index (χ0) is 15.0. The molecule has 4 unspecified atom stereocenters. The van der Waals surface area contributed by atoms with Crippen molar-refractivity contribution in [3.63, 3.8) is 0 Å². The molecule has 21 heavy (non-hydrogen) atoms. The lowest BCUT2D eigenvalue weighted by atomic mass is 9.71. The Hall–Kier alpha value is -1.16. The van der Waals surface area contributed by atoms with Crippen molar-refractivity contribution in [3.05, 3.63) is 40.9 Å². The van der Waals surface area contributed by atoms with Gasteiger partial charge in [0.2, 0.25) is 0 Å². The molecular formula is C17H19ClO3. The summed E-state index contributed by atoms with van der Waals surface area (Å²) < 4.78 is 0. The molecule has 1 aromatic rings. The Morgan fingerprint density at radius 3 is 2.76 bits per heavy atom. The Balaban J connectivity index is 1.78. The van der Waals surface area contributed by atoms with Gasteiger partial charge in [-0.2, -0.15) is 0 Å². The maximum Gasteiger partial charge on any atom is 0.138 e. The summed E-state index contributed by atoms with van der Waals surface area (Å²) in [5.41, 5.74) is 0.480. The maximum absolute atomic E-state index is 12.0. The fourth-order valence-electron chi connectivity index (χ4n) is 3.00. The number of carbonyl (C=O) groups excluding carboxylic acids is 1. The lowest BCUT2D eigenvalue weighted by Crippen LogP contribution is -2.51. The number of halogens is 1. The number of benzene rings is 1. The van der Waals surface area contributed by atoms with Crippen molar-refractivity contribution < 1.29 is 14.6 Å². The average Bonchev–Trinajstić information content (AvgIpc) is 2.47. The molecule has 1 aliphatic heterocycles. The second kappa shape index (κ2) is 5.56. The zero-order valence-corrected chi connectivity index (χ0v) is 13.0. The number of fused-ring (bicyclic) bond motifs is 2. The van der Waals surface area contributed by atoms with Gasteiger partial charge in [-0.05, 0) is 37.1 Å². The van der Waals surface area contributed by atoms with Crippen LogP contribution in [-0.2, 0) is 14.6 Å². The smallest absolute Gasteiger partial charge is 0.138 e. The highest BCUT2D eigenvalue weighted by molar-refractivity contribution is 6.30. The largest absolute Gasteiger partial charge is 0.299 e. The van der Waals surface area contributed by atoms with Crippen LogP contribution in [0.4, 0.5) is 0 Å². The van der Waals surface area contributed by atoms with E-state index in [-0.39, 0.29) is 23.7 Å². The molecule has 2 bridgehead atoms. The summed E-state index contributed by atoms with van der Waals surface area (Å²) in [5.74, 6) is 0.375. The predicted molar refractivity (Wildman–Crippen MR) is 81.7 cm³/mol. The molecular weight excluding hydrogens is 288 g/mol. The lowest BCUT2D eigenvalue weighted by molar-refractivity contribution is -0.415. The van der Waals surface area contributed by atoms with E-state index in [1.165, 1.54) is 0 Å². The van der Waals surface area contributed by atoms with E-state index in [0.29, 0.717) is 11.4 Å². The minimum atomic E-state index is -0.564. The van der Waals surface area contributed by atoms with E-state index in [9.17, 15) is 4.79 Å². The Labute approximate surface area is 129 Å². The van der Waals surface area contributed by atoms with Crippen LogP contribution in [0, 0.1) is 11.8 Å². The quantitative estimate of drug-likeness (QED) is 0.773. The number of hydrogen-bond donors (Lipinski definition) is 0. The van der Waals surface area contributed by atoms with Gasteiger partial charge >= 0.3 is 0 Å². The average molecular weight is 307 g/mol. The molecule has 1 saturated heterocycles. The minimum absolute atomic E-state index is 0.0638. The molecule has 3 rings (SSSR count). The van der Waals surface area contributed by atoms with E-state index in [1.807, 2.05) is 50.3 Å². The van der Waals surface area contributed by atoms with Gasteiger partial charge in [0.25, 0.3) is 0 Å². The van der Waals surface area contributed by atoms with Crippen LogP contribution >= 0.6 is 11.6 Å². The van der Waals surface area contributed by atoms with E-state index in [2.05, 4.69) is 0 Å². The monoisotopic (exact) mass is 306 g/mol. The molecule has 0 radical (unpaired) electrons. The van der Waals surface area contributed by atoms with Crippen LogP contribution in [0.5, 0.6) is 0 Å². The number of ketones is 1. The molecule has 1 heterocycles. The summed E-state index contributed by atoms with van der Waals surface area (Å²) in [7, 11) is 0. The van der Waals surface area contributed by atoms with Gasteiger partial charge in [-0.3, -0.25) is 4.79 Å². The fraction of sp³-hybridized carbons (Fsp3) is 0.471. The van der Waals surface area contributed by atoms with Gasteiger partial charge in [-0.15, -0.1) is 0 Å². The second-order valence-corrected chi connectivity index (χ2v) is 6.61. The third kappa shape index (κ3) is 2.91. The summed E-state index contributed by atoms with van der Waals surface area (Å²) in [6.45, 7) is 3.89. The Kier molecular flexibility index (Phi) is 3.91. The summed E-state index contributed by atoms with van der Waals surface area (Å²) in [4.78, 5) is 23.1. The highest BCUT2D eigenvalue weighted by Gasteiger charge is 2.48. The molecule has 4 heteroatoms. The molecule has 0 spiro atoms. The third-order valence-electron chi connectivity index (χ3n) is 4.67. The first kappa shape index (κ1) is 14.8. The molecule has 4 atom stereocenters. The van der Waals surface area contributed by atoms with Crippen LogP contribution in [0.3, 0.4) is 0 Å². The molecule has 1 aliphatic carbocycles. The molecule has 0 N–H and O–H groups in total. The molecule has 2 aliphatic rings. The standard InChI is InChI=1S/C17H19ClO3/c1-11-15(19)9-13-10-16(11)20-21-17(13,2)8-7-12-3-5-14(18)6-4-12/h3-8,11,13,16H,9-10H2,1-2H3.